The maximum atomic E-state index is 13.6. The van der Waals surface area contributed by atoms with Gasteiger partial charge in [-0.05, 0) is 34.8 Å². The summed E-state index contributed by atoms with van der Waals surface area (Å²) in [5.41, 5.74) is -0.144. The molecule has 1 aliphatic rings. The fourth-order valence-corrected chi connectivity index (χ4v) is 2.25. The summed E-state index contributed by atoms with van der Waals surface area (Å²) in [6.07, 6.45) is 2.04. The van der Waals surface area contributed by atoms with Crippen molar-refractivity contribution in [3.8, 4) is 0 Å². The van der Waals surface area contributed by atoms with Gasteiger partial charge in [0.15, 0.2) is 5.82 Å². The molecule has 5 nitrogen and oxygen atoms in total. The summed E-state index contributed by atoms with van der Waals surface area (Å²) in [6.45, 7) is 0. The summed E-state index contributed by atoms with van der Waals surface area (Å²) >= 11 is 2.99. The topological polar surface area (TPSA) is 70.7 Å². The largest absolute Gasteiger partial charge is 0.316 e. The van der Waals surface area contributed by atoms with Gasteiger partial charge in [0.2, 0.25) is 5.82 Å². The third kappa shape index (κ3) is 2.55. The predicted octanol–water partition coefficient (Wildman–Crippen LogP) is 2.98. The van der Waals surface area contributed by atoms with Crippen LogP contribution in [0.1, 0.15) is 35.2 Å². The number of nitrogens with one attached hydrogen (secondary N) is 2. The minimum Gasteiger partial charge on any atom is -0.316 e. The third-order valence-corrected chi connectivity index (χ3v) is 3.54. The summed E-state index contributed by atoms with van der Waals surface area (Å²) in [5, 5.41) is 8.80. The Balaban J connectivity index is 1.81. The smallest absolute Gasteiger partial charge is 0.295 e. The lowest BCUT2D eigenvalue weighted by Crippen LogP contribution is -2.15. The Morgan fingerprint density at radius 1 is 1.40 bits per heavy atom. The highest BCUT2D eigenvalue weighted by molar-refractivity contribution is 9.10. The number of hydrogen-bond donors (Lipinski definition) is 2. The SMILES string of the molecule is O=C(Nc1c(F)cc(F)cc1Br)c1n[nH]c(C2CC2)n1. The van der Waals surface area contributed by atoms with Gasteiger partial charge in [0.1, 0.15) is 11.6 Å². The lowest BCUT2D eigenvalue weighted by molar-refractivity contribution is 0.101. The molecule has 1 aromatic carbocycles. The fourth-order valence-electron chi connectivity index (χ4n) is 1.75. The molecule has 0 radical (unpaired) electrons. The quantitative estimate of drug-likeness (QED) is 0.900. The second-order valence-corrected chi connectivity index (χ2v) is 5.37. The number of aromatic nitrogens is 3. The molecule has 1 heterocycles. The van der Waals surface area contributed by atoms with Crippen LogP contribution in [0, 0.1) is 11.6 Å². The molecule has 0 unspecified atom stereocenters. The standard InChI is InChI=1S/C12H9BrF2N4O/c13-7-3-6(14)4-8(15)9(7)16-12(20)11-17-10(18-19-11)5-1-2-5/h3-5H,1-2H2,(H,16,20)(H,17,18,19). The van der Waals surface area contributed by atoms with Gasteiger partial charge in [-0.25, -0.2) is 13.8 Å². The molecule has 1 aliphatic carbocycles. The second kappa shape index (κ2) is 4.93. The van der Waals surface area contributed by atoms with Crippen LogP contribution in [0.4, 0.5) is 14.5 Å². The van der Waals surface area contributed by atoms with E-state index in [9.17, 15) is 13.6 Å². The maximum absolute atomic E-state index is 13.6. The van der Waals surface area contributed by atoms with Crippen LogP contribution in [0.3, 0.4) is 0 Å². The van der Waals surface area contributed by atoms with E-state index in [1.165, 1.54) is 0 Å². The molecule has 1 aromatic heterocycles. The van der Waals surface area contributed by atoms with E-state index in [-0.39, 0.29) is 16.0 Å². The number of halogens is 3. The Labute approximate surface area is 120 Å². The third-order valence-electron chi connectivity index (χ3n) is 2.92. The summed E-state index contributed by atoms with van der Waals surface area (Å²) in [4.78, 5) is 16.0. The molecule has 1 fully saturated rings. The van der Waals surface area contributed by atoms with Crippen molar-refractivity contribution in [2.45, 2.75) is 18.8 Å². The van der Waals surface area contributed by atoms with Crippen LogP contribution in [0.5, 0.6) is 0 Å². The number of nitrogens with zero attached hydrogens (tertiary/aromatic N) is 2. The van der Waals surface area contributed by atoms with Crippen molar-refractivity contribution in [1.29, 1.82) is 0 Å². The van der Waals surface area contributed by atoms with Crippen LogP contribution in [0.15, 0.2) is 16.6 Å². The van der Waals surface area contributed by atoms with Crippen molar-refractivity contribution < 1.29 is 13.6 Å². The number of carbonyl (C=O) groups excluding carboxylic acids is 1. The van der Waals surface area contributed by atoms with Gasteiger partial charge in [0.05, 0.1) is 5.69 Å². The van der Waals surface area contributed by atoms with Gasteiger partial charge in [-0.1, -0.05) is 0 Å². The normalized spacial score (nSPS) is 14.3. The van der Waals surface area contributed by atoms with Crippen molar-refractivity contribution >= 4 is 27.5 Å². The fraction of sp³-hybridized carbons (Fsp3) is 0.250. The Hall–Kier alpha value is -1.83. The van der Waals surface area contributed by atoms with Gasteiger partial charge in [0.25, 0.3) is 5.91 Å². The molecular formula is C12H9BrF2N4O. The van der Waals surface area contributed by atoms with Crippen molar-refractivity contribution in [2.75, 3.05) is 5.32 Å². The number of rotatable bonds is 3. The molecule has 1 amide bonds. The Morgan fingerprint density at radius 2 is 2.15 bits per heavy atom. The first-order valence-electron chi connectivity index (χ1n) is 5.93. The summed E-state index contributed by atoms with van der Waals surface area (Å²) in [7, 11) is 0. The van der Waals surface area contributed by atoms with Crippen molar-refractivity contribution in [2.24, 2.45) is 0 Å². The Morgan fingerprint density at radius 3 is 2.80 bits per heavy atom. The maximum Gasteiger partial charge on any atom is 0.295 e. The lowest BCUT2D eigenvalue weighted by Gasteiger charge is -2.06. The summed E-state index contributed by atoms with van der Waals surface area (Å²) in [6, 6.07) is 1.75. The number of hydrogen-bond acceptors (Lipinski definition) is 3. The molecule has 0 atom stereocenters. The van der Waals surface area contributed by atoms with Gasteiger partial charge in [-0.3, -0.25) is 9.89 Å². The first-order valence-corrected chi connectivity index (χ1v) is 6.72. The average molecular weight is 343 g/mol. The van der Waals surface area contributed by atoms with Crippen LogP contribution in [-0.2, 0) is 0 Å². The number of H-pyrrole nitrogens is 1. The lowest BCUT2D eigenvalue weighted by atomic mass is 10.3. The highest BCUT2D eigenvalue weighted by atomic mass is 79.9. The molecule has 0 bridgehead atoms. The first kappa shape index (κ1) is 13.2. The van der Waals surface area contributed by atoms with E-state index >= 15 is 0 Å². The molecule has 0 spiro atoms. The van der Waals surface area contributed by atoms with Crippen LogP contribution in [-0.4, -0.2) is 21.1 Å². The molecule has 104 valence electrons. The van der Waals surface area contributed by atoms with E-state index < -0.39 is 17.5 Å². The Kier molecular flexibility index (Phi) is 3.25. The number of carbonyl (C=O) groups is 1. The molecule has 8 heteroatoms. The van der Waals surface area contributed by atoms with Crippen molar-refractivity contribution in [3.63, 3.8) is 0 Å². The van der Waals surface area contributed by atoms with Gasteiger partial charge in [0, 0.05) is 16.5 Å². The minimum absolute atomic E-state index is 0.0671. The van der Waals surface area contributed by atoms with Gasteiger partial charge in [-0.2, -0.15) is 0 Å². The van der Waals surface area contributed by atoms with Crippen molar-refractivity contribution in [3.05, 3.63) is 39.9 Å². The molecule has 1 saturated carbocycles. The minimum atomic E-state index is -0.872. The molecular weight excluding hydrogens is 334 g/mol. The van der Waals surface area contributed by atoms with Crippen LogP contribution >= 0.6 is 15.9 Å². The number of benzene rings is 1. The zero-order valence-electron chi connectivity index (χ0n) is 10.1. The first-order chi connectivity index (χ1) is 9.54. The second-order valence-electron chi connectivity index (χ2n) is 4.52. The summed E-state index contributed by atoms with van der Waals surface area (Å²) in [5.74, 6) is -1.33. The molecule has 20 heavy (non-hydrogen) atoms. The van der Waals surface area contributed by atoms with Gasteiger partial charge >= 0.3 is 0 Å². The zero-order chi connectivity index (χ0) is 14.3. The van der Waals surface area contributed by atoms with E-state index in [2.05, 4.69) is 36.4 Å². The number of anilines is 1. The highest BCUT2D eigenvalue weighted by Gasteiger charge is 2.28. The Bertz CT molecular complexity index is 661. The number of amides is 1. The van der Waals surface area contributed by atoms with E-state index in [1.54, 1.807) is 0 Å². The van der Waals surface area contributed by atoms with E-state index in [0.29, 0.717) is 17.8 Å². The van der Waals surface area contributed by atoms with E-state index in [0.717, 1.165) is 18.9 Å². The van der Waals surface area contributed by atoms with Gasteiger partial charge < -0.3 is 5.32 Å². The molecule has 2 aromatic rings. The van der Waals surface area contributed by atoms with Crippen LogP contribution < -0.4 is 5.32 Å². The zero-order valence-corrected chi connectivity index (χ0v) is 11.7. The molecule has 0 saturated heterocycles. The molecule has 0 aliphatic heterocycles. The van der Waals surface area contributed by atoms with E-state index in [1.807, 2.05) is 0 Å². The monoisotopic (exact) mass is 342 g/mol. The molecule has 3 rings (SSSR count). The van der Waals surface area contributed by atoms with E-state index in [4.69, 9.17) is 0 Å². The van der Waals surface area contributed by atoms with Crippen molar-refractivity contribution in [1.82, 2.24) is 15.2 Å². The van der Waals surface area contributed by atoms with Crippen LogP contribution in [0.25, 0.3) is 0 Å². The average Bonchev–Trinajstić information content (AvgIpc) is 3.11. The van der Waals surface area contributed by atoms with Crippen LogP contribution in [0.2, 0.25) is 0 Å². The molecule has 2 N–H and O–H groups in total. The highest BCUT2D eigenvalue weighted by Crippen LogP contribution is 2.37. The van der Waals surface area contributed by atoms with Gasteiger partial charge in [-0.15, -0.1) is 5.10 Å². The predicted molar refractivity (Wildman–Crippen MR) is 70.4 cm³/mol. The number of aromatic amines is 1. The summed E-state index contributed by atoms with van der Waals surface area (Å²) < 4.78 is 26.7.